The third-order valence-electron chi connectivity index (χ3n) is 5.07. The fourth-order valence-electron chi connectivity index (χ4n) is 3.78. The molecule has 2 aliphatic rings. The van der Waals surface area contributed by atoms with Gasteiger partial charge in [-0.2, -0.15) is 0 Å². The first-order chi connectivity index (χ1) is 11.0. The summed E-state index contributed by atoms with van der Waals surface area (Å²) in [7, 11) is 1.89. The van der Waals surface area contributed by atoms with Crippen molar-refractivity contribution in [2.75, 3.05) is 39.4 Å². The quantitative estimate of drug-likeness (QED) is 0.826. The number of nitrogens with zero attached hydrogens (tertiary/aromatic N) is 4. The van der Waals surface area contributed by atoms with Gasteiger partial charge in [-0.3, -0.25) is 9.69 Å². The van der Waals surface area contributed by atoms with E-state index in [1.807, 2.05) is 16.5 Å². The molecule has 6 nitrogen and oxygen atoms in total. The van der Waals surface area contributed by atoms with E-state index in [-0.39, 0.29) is 11.3 Å². The van der Waals surface area contributed by atoms with Gasteiger partial charge in [0, 0.05) is 50.9 Å². The molecule has 1 aromatic heterocycles. The van der Waals surface area contributed by atoms with Crippen LogP contribution in [0.25, 0.3) is 0 Å². The standard InChI is InChI=1S/C17H28N4O2/c1-14(2)20-7-8-23-12-17(10-20)5-4-6-21(11-17)16(22)15-9-19(3)13-18-15/h9,13-14H,4-8,10-12H2,1-3H3/t17-/m1/s1. The first-order valence-electron chi connectivity index (χ1n) is 8.58. The van der Waals surface area contributed by atoms with Crippen molar-refractivity contribution < 1.29 is 9.53 Å². The molecule has 0 aliphatic carbocycles. The van der Waals surface area contributed by atoms with Crippen LogP contribution in [0.15, 0.2) is 12.5 Å². The maximum Gasteiger partial charge on any atom is 0.274 e. The molecule has 128 valence electrons. The van der Waals surface area contributed by atoms with Gasteiger partial charge >= 0.3 is 0 Å². The van der Waals surface area contributed by atoms with Crippen molar-refractivity contribution in [3.63, 3.8) is 0 Å². The first-order valence-corrected chi connectivity index (χ1v) is 8.58. The van der Waals surface area contributed by atoms with Crippen LogP contribution in [0, 0.1) is 5.41 Å². The lowest BCUT2D eigenvalue weighted by atomic mass is 9.79. The van der Waals surface area contributed by atoms with Crippen molar-refractivity contribution in [3.8, 4) is 0 Å². The van der Waals surface area contributed by atoms with Crippen LogP contribution >= 0.6 is 0 Å². The SMILES string of the molecule is CC(C)N1CCOC[C@]2(CCCN(C(=O)c3cn(C)cn3)C2)C1. The molecule has 0 saturated carbocycles. The van der Waals surface area contributed by atoms with E-state index in [1.54, 1.807) is 12.5 Å². The van der Waals surface area contributed by atoms with Crippen molar-refractivity contribution in [1.29, 1.82) is 0 Å². The molecule has 3 heterocycles. The molecule has 1 spiro atoms. The second-order valence-electron chi connectivity index (χ2n) is 7.37. The number of amides is 1. The summed E-state index contributed by atoms with van der Waals surface area (Å²) >= 11 is 0. The molecule has 2 aliphatic heterocycles. The van der Waals surface area contributed by atoms with E-state index in [9.17, 15) is 4.79 Å². The molecule has 0 radical (unpaired) electrons. The summed E-state index contributed by atoms with van der Waals surface area (Å²) in [6.07, 6.45) is 5.64. The van der Waals surface area contributed by atoms with Gasteiger partial charge in [0.15, 0.2) is 0 Å². The highest BCUT2D eigenvalue weighted by atomic mass is 16.5. The smallest absolute Gasteiger partial charge is 0.274 e. The fourth-order valence-corrected chi connectivity index (χ4v) is 3.78. The minimum atomic E-state index is 0.0463. The third-order valence-corrected chi connectivity index (χ3v) is 5.07. The molecule has 2 saturated heterocycles. The lowest BCUT2D eigenvalue weighted by Gasteiger charge is -2.44. The highest BCUT2D eigenvalue weighted by molar-refractivity contribution is 5.92. The summed E-state index contributed by atoms with van der Waals surface area (Å²) in [5, 5.41) is 0. The van der Waals surface area contributed by atoms with Gasteiger partial charge in [-0.25, -0.2) is 4.98 Å². The zero-order chi connectivity index (χ0) is 16.4. The van der Waals surface area contributed by atoms with Crippen LogP contribution in [0.3, 0.4) is 0 Å². The summed E-state index contributed by atoms with van der Waals surface area (Å²) in [6.45, 7) is 9.59. The maximum absolute atomic E-state index is 12.7. The van der Waals surface area contributed by atoms with E-state index >= 15 is 0 Å². The highest BCUT2D eigenvalue weighted by Crippen LogP contribution is 2.34. The van der Waals surface area contributed by atoms with Gasteiger partial charge in [0.05, 0.1) is 19.5 Å². The molecule has 6 heteroatoms. The van der Waals surface area contributed by atoms with E-state index in [1.165, 1.54) is 0 Å². The Morgan fingerprint density at radius 1 is 1.35 bits per heavy atom. The maximum atomic E-state index is 12.7. The molecule has 2 fully saturated rings. The molecule has 1 aromatic rings. The number of piperidine rings is 1. The minimum Gasteiger partial charge on any atom is -0.379 e. The number of likely N-dealkylation sites (tertiary alicyclic amines) is 1. The van der Waals surface area contributed by atoms with E-state index in [4.69, 9.17) is 4.74 Å². The average molecular weight is 320 g/mol. The van der Waals surface area contributed by atoms with Crippen LogP contribution in [0.1, 0.15) is 37.2 Å². The van der Waals surface area contributed by atoms with Crippen LogP contribution in [-0.2, 0) is 11.8 Å². The minimum absolute atomic E-state index is 0.0463. The van der Waals surface area contributed by atoms with Gasteiger partial charge in [0.1, 0.15) is 5.69 Å². The first kappa shape index (κ1) is 16.5. The number of hydrogen-bond donors (Lipinski definition) is 0. The third kappa shape index (κ3) is 3.58. The number of carbonyl (C=O) groups is 1. The van der Waals surface area contributed by atoms with Crippen LogP contribution in [-0.4, -0.2) is 70.7 Å². The summed E-state index contributed by atoms with van der Waals surface area (Å²) in [5.41, 5.74) is 0.600. The number of ether oxygens (including phenoxy) is 1. The molecule has 0 N–H and O–H groups in total. The summed E-state index contributed by atoms with van der Waals surface area (Å²) in [4.78, 5) is 21.4. The molecular weight excluding hydrogens is 292 g/mol. The molecular formula is C17H28N4O2. The second kappa shape index (κ2) is 6.61. The van der Waals surface area contributed by atoms with Gasteiger partial charge in [-0.1, -0.05) is 0 Å². The van der Waals surface area contributed by atoms with Gasteiger partial charge < -0.3 is 14.2 Å². The van der Waals surface area contributed by atoms with E-state index < -0.39 is 0 Å². The normalized spacial score (nSPS) is 26.7. The van der Waals surface area contributed by atoms with Crippen molar-refractivity contribution in [2.45, 2.75) is 32.7 Å². The van der Waals surface area contributed by atoms with Crippen LogP contribution in [0.4, 0.5) is 0 Å². The Kier molecular flexibility index (Phi) is 4.73. The van der Waals surface area contributed by atoms with Crippen LogP contribution in [0.2, 0.25) is 0 Å². The Balaban J connectivity index is 1.75. The van der Waals surface area contributed by atoms with Crippen molar-refractivity contribution >= 4 is 5.91 Å². The molecule has 3 rings (SSSR count). The zero-order valence-electron chi connectivity index (χ0n) is 14.5. The van der Waals surface area contributed by atoms with Crippen LogP contribution in [0.5, 0.6) is 0 Å². The number of carbonyl (C=O) groups excluding carboxylic acids is 1. The van der Waals surface area contributed by atoms with Crippen molar-refractivity contribution in [2.24, 2.45) is 12.5 Å². The van der Waals surface area contributed by atoms with Crippen molar-refractivity contribution in [3.05, 3.63) is 18.2 Å². The Bertz CT molecular complexity index is 557. The molecule has 0 bridgehead atoms. The molecule has 23 heavy (non-hydrogen) atoms. The summed E-state index contributed by atoms with van der Waals surface area (Å²) in [5.74, 6) is 0.0463. The molecule has 1 atom stereocenters. The Hall–Kier alpha value is -1.40. The van der Waals surface area contributed by atoms with E-state index in [0.29, 0.717) is 11.7 Å². The average Bonchev–Trinajstić information content (AvgIpc) is 2.85. The Labute approximate surface area is 138 Å². The van der Waals surface area contributed by atoms with Crippen molar-refractivity contribution in [1.82, 2.24) is 19.4 Å². The van der Waals surface area contributed by atoms with Gasteiger partial charge in [-0.05, 0) is 26.7 Å². The number of rotatable bonds is 2. The highest BCUT2D eigenvalue weighted by Gasteiger charge is 2.41. The lowest BCUT2D eigenvalue weighted by molar-refractivity contribution is 0.00551. The largest absolute Gasteiger partial charge is 0.379 e. The zero-order valence-corrected chi connectivity index (χ0v) is 14.5. The molecule has 0 unspecified atom stereocenters. The topological polar surface area (TPSA) is 50.6 Å². The number of hydrogen-bond acceptors (Lipinski definition) is 4. The number of imidazole rings is 1. The van der Waals surface area contributed by atoms with Gasteiger partial charge in [-0.15, -0.1) is 0 Å². The number of aryl methyl sites for hydroxylation is 1. The fraction of sp³-hybridized carbons (Fsp3) is 0.765. The van der Waals surface area contributed by atoms with Crippen LogP contribution < -0.4 is 0 Å². The monoisotopic (exact) mass is 320 g/mol. The Morgan fingerprint density at radius 2 is 2.17 bits per heavy atom. The predicted octanol–water partition coefficient (Wildman–Crippen LogP) is 1.38. The number of aromatic nitrogens is 2. The summed E-state index contributed by atoms with van der Waals surface area (Å²) in [6, 6.07) is 0.510. The van der Waals surface area contributed by atoms with Gasteiger partial charge in [0.25, 0.3) is 5.91 Å². The van der Waals surface area contributed by atoms with E-state index in [2.05, 4.69) is 23.7 Å². The molecule has 0 aromatic carbocycles. The summed E-state index contributed by atoms with van der Waals surface area (Å²) < 4.78 is 7.73. The second-order valence-corrected chi connectivity index (χ2v) is 7.37. The Morgan fingerprint density at radius 3 is 2.87 bits per heavy atom. The van der Waals surface area contributed by atoms with E-state index in [0.717, 1.165) is 52.2 Å². The van der Waals surface area contributed by atoms with Gasteiger partial charge in [0.2, 0.25) is 0 Å². The molecule has 1 amide bonds. The lowest BCUT2D eigenvalue weighted by Crippen LogP contribution is -2.53. The predicted molar refractivity (Wildman–Crippen MR) is 88.3 cm³/mol.